The van der Waals surface area contributed by atoms with Crippen LogP contribution < -0.4 is 5.32 Å². The van der Waals surface area contributed by atoms with Gasteiger partial charge in [-0.1, -0.05) is 5.16 Å². The number of aromatic nitrogens is 2. The minimum Gasteiger partial charge on any atom is -0.378 e. The molecule has 1 aliphatic rings. The van der Waals surface area contributed by atoms with Crippen LogP contribution in [0.3, 0.4) is 0 Å². The highest BCUT2D eigenvalue weighted by Gasteiger charge is 2.21. The zero-order valence-electron chi connectivity index (χ0n) is 8.02. The highest BCUT2D eigenvalue weighted by molar-refractivity contribution is 7.97. The predicted octanol–water partition coefficient (Wildman–Crippen LogP) is 0.593. The van der Waals surface area contributed by atoms with Gasteiger partial charge in [-0.2, -0.15) is 16.7 Å². The summed E-state index contributed by atoms with van der Waals surface area (Å²) in [5.74, 6) is 2.17. The molecule has 2 heterocycles. The summed E-state index contributed by atoms with van der Waals surface area (Å²) < 4.78 is 10.4. The Kier molecular flexibility index (Phi) is 3.39. The van der Waals surface area contributed by atoms with Crippen molar-refractivity contribution in [2.75, 3.05) is 26.0 Å². The van der Waals surface area contributed by atoms with E-state index in [2.05, 4.69) is 15.5 Å². The fourth-order valence-corrected chi connectivity index (χ4v) is 1.70. The molecule has 0 spiro atoms. The number of ether oxygens (including phenoxy) is 1. The normalized spacial score (nSPS) is 22.5. The lowest BCUT2D eigenvalue weighted by molar-refractivity contribution is 0.0659. The van der Waals surface area contributed by atoms with E-state index in [1.807, 2.05) is 6.26 Å². The second-order valence-corrected chi connectivity index (χ2v) is 3.93. The molecular formula is C8H13N3O2S. The summed E-state index contributed by atoms with van der Waals surface area (Å²) >= 11 is 1.68. The van der Waals surface area contributed by atoms with Gasteiger partial charge >= 0.3 is 0 Å². The standard InChI is InChI=1S/C8H13N3O2S/c1-14-5-7-10-8(13-11-7)6-4-12-3-2-9-6/h6,9H,2-5H2,1H3. The first kappa shape index (κ1) is 9.95. The van der Waals surface area contributed by atoms with E-state index in [-0.39, 0.29) is 6.04 Å². The maximum absolute atomic E-state index is 5.31. The van der Waals surface area contributed by atoms with Crippen LogP contribution >= 0.6 is 11.8 Å². The lowest BCUT2D eigenvalue weighted by Crippen LogP contribution is -2.34. The first-order valence-electron chi connectivity index (χ1n) is 4.52. The third-order valence-electron chi connectivity index (χ3n) is 1.98. The predicted molar refractivity (Wildman–Crippen MR) is 53.1 cm³/mol. The number of hydrogen-bond acceptors (Lipinski definition) is 6. The molecule has 1 N–H and O–H groups in total. The number of nitrogens with zero attached hydrogens (tertiary/aromatic N) is 2. The second kappa shape index (κ2) is 4.77. The van der Waals surface area contributed by atoms with Crippen LogP contribution in [-0.4, -0.2) is 36.2 Å². The molecule has 5 nitrogen and oxygen atoms in total. The van der Waals surface area contributed by atoms with Gasteiger partial charge in [0.2, 0.25) is 5.89 Å². The number of hydrogen-bond donors (Lipinski definition) is 1. The second-order valence-electron chi connectivity index (χ2n) is 3.06. The van der Waals surface area contributed by atoms with Gasteiger partial charge < -0.3 is 14.6 Å². The Balaban J connectivity index is 2.00. The minimum absolute atomic E-state index is 0.0619. The highest BCUT2D eigenvalue weighted by Crippen LogP contribution is 2.14. The lowest BCUT2D eigenvalue weighted by Gasteiger charge is -2.20. The van der Waals surface area contributed by atoms with Gasteiger partial charge in [-0.3, -0.25) is 0 Å². The van der Waals surface area contributed by atoms with Crippen molar-refractivity contribution in [1.29, 1.82) is 0 Å². The van der Waals surface area contributed by atoms with Gasteiger partial charge in [0.15, 0.2) is 5.82 Å². The number of morpholine rings is 1. The Morgan fingerprint density at radius 1 is 1.64 bits per heavy atom. The van der Waals surface area contributed by atoms with E-state index < -0.39 is 0 Å². The summed E-state index contributed by atoms with van der Waals surface area (Å²) in [6.45, 7) is 2.20. The van der Waals surface area contributed by atoms with Crippen molar-refractivity contribution in [1.82, 2.24) is 15.5 Å². The Morgan fingerprint density at radius 3 is 3.29 bits per heavy atom. The van der Waals surface area contributed by atoms with Crippen molar-refractivity contribution in [2.24, 2.45) is 0 Å². The maximum Gasteiger partial charge on any atom is 0.246 e. The molecule has 1 unspecified atom stereocenters. The van der Waals surface area contributed by atoms with Crippen LogP contribution in [0.15, 0.2) is 4.52 Å². The molecule has 1 aromatic heterocycles. The summed E-state index contributed by atoms with van der Waals surface area (Å²) in [7, 11) is 0. The lowest BCUT2D eigenvalue weighted by atomic mass is 10.3. The van der Waals surface area contributed by atoms with Crippen LogP contribution in [0.4, 0.5) is 0 Å². The zero-order valence-corrected chi connectivity index (χ0v) is 8.84. The average molecular weight is 215 g/mol. The first-order valence-corrected chi connectivity index (χ1v) is 5.92. The average Bonchev–Trinajstić information content (AvgIpc) is 2.68. The molecule has 0 aliphatic carbocycles. The van der Waals surface area contributed by atoms with E-state index in [1.54, 1.807) is 11.8 Å². The van der Waals surface area contributed by atoms with Crippen LogP contribution in [-0.2, 0) is 10.5 Å². The van der Waals surface area contributed by atoms with E-state index in [9.17, 15) is 0 Å². The van der Waals surface area contributed by atoms with Crippen LogP contribution in [0, 0.1) is 0 Å². The van der Waals surface area contributed by atoms with Gasteiger partial charge in [-0.25, -0.2) is 0 Å². The van der Waals surface area contributed by atoms with Gasteiger partial charge in [0.05, 0.1) is 19.0 Å². The molecule has 0 amide bonds. The van der Waals surface area contributed by atoms with Crippen molar-refractivity contribution >= 4 is 11.8 Å². The molecule has 0 saturated carbocycles. The van der Waals surface area contributed by atoms with E-state index in [0.717, 1.165) is 24.7 Å². The molecule has 78 valence electrons. The molecule has 0 bridgehead atoms. The number of nitrogens with one attached hydrogen (secondary N) is 1. The van der Waals surface area contributed by atoms with Gasteiger partial charge in [-0.05, 0) is 6.26 Å². The Hall–Kier alpha value is -0.590. The van der Waals surface area contributed by atoms with Crippen LogP contribution in [0.25, 0.3) is 0 Å². The molecule has 1 saturated heterocycles. The van der Waals surface area contributed by atoms with Crippen molar-refractivity contribution in [3.8, 4) is 0 Å². The van der Waals surface area contributed by atoms with Gasteiger partial charge in [0.1, 0.15) is 6.04 Å². The van der Waals surface area contributed by atoms with Gasteiger partial charge in [-0.15, -0.1) is 0 Å². The number of rotatable bonds is 3. The summed E-state index contributed by atoms with van der Waals surface area (Å²) in [6, 6.07) is 0.0619. The zero-order chi connectivity index (χ0) is 9.80. The van der Waals surface area contributed by atoms with Gasteiger partial charge in [0, 0.05) is 6.54 Å². The monoisotopic (exact) mass is 215 g/mol. The molecule has 1 aliphatic heterocycles. The van der Waals surface area contributed by atoms with E-state index in [0.29, 0.717) is 12.5 Å². The number of thioether (sulfide) groups is 1. The first-order chi connectivity index (χ1) is 6.90. The topological polar surface area (TPSA) is 60.2 Å². The van der Waals surface area contributed by atoms with Crippen LogP contribution in [0.5, 0.6) is 0 Å². The smallest absolute Gasteiger partial charge is 0.246 e. The van der Waals surface area contributed by atoms with Crippen molar-refractivity contribution in [3.63, 3.8) is 0 Å². The third-order valence-corrected chi connectivity index (χ3v) is 2.52. The van der Waals surface area contributed by atoms with Crippen molar-refractivity contribution in [3.05, 3.63) is 11.7 Å². The Morgan fingerprint density at radius 2 is 2.57 bits per heavy atom. The van der Waals surface area contributed by atoms with Crippen LogP contribution in [0.1, 0.15) is 17.8 Å². The Bertz CT molecular complexity index is 286. The van der Waals surface area contributed by atoms with Crippen molar-refractivity contribution in [2.45, 2.75) is 11.8 Å². The molecule has 6 heteroatoms. The largest absolute Gasteiger partial charge is 0.378 e. The SMILES string of the molecule is CSCc1noc(C2COCCN2)n1. The maximum atomic E-state index is 5.31. The molecule has 14 heavy (non-hydrogen) atoms. The quantitative estimate of drug-likeness (QED) is 0.796. The summed E-state index contributed by atoms with van der Waals surface area (Å²) in [4.78, 5) is 4.28. The Labute approximate surface area is 86.6 Å². The molecule has 1 aromatic rings. The highest BCUT2D eigenvalue weighted by atomic mass is 32.2. The summed E-state index contributed by atoms with van der Waals surface area (Å²) in [5.41, 5.74) is 0. The van der Waals surface area contributed by atoms with Crippen molar-refractivity contribution < 1.29 is 9.26 Å². The van der Waals surface area contributed by atoms with E-state index in [1.165, 1.54) is 0 Å². The minimum atomic E-state index is 0.0619. The summed E-state index contributed by atoms with van der Waals surface area (Å²) in [6.07, 6.45) is 2.01. The molecule has 2 rings (SSSR count). The molecule has 0 radical (unpaired) electrons. The fourth-order valence-electron chi connectivity index (χ4n) is 1.32. The molecule has 0 aromatic carbocycles. The van der Waals surface area contributed by atoms with E-state index in [4.69, 9.17) is 9.26 Å². The van der Waals surface area contributed by atoms with Crippen LogP contribution in [0.2, 0.25) is 0 Å². The van der Waals surface area contributed by atoms with Gasteiger partial charge in [0.25, 0.3) is 0 Å². The molecule has 1 atom stereocenters. The third kappa shape index (κ3) is 2.26. The fraction of sp³-hybridized carbons (Fsp3) is 0.750. The van der Waals surface area contributed by atoms with E-state index >= 15 is 0 Å². The molecule has 1 fully saturated rings. The molecular weight excluding hydrogens is 202 g/mol. The summed E-state index contributed by atoms with van der Waals surface area (Å²) in [5, 5.41) is 7.14.